The van der Waals surface area contributed by atoms with Gasteiger partial charge < -0.3 is 4.74 Å². The van der Waals surface area contributed by atoms with Crippen LogP contribution in [0.25, 0.3) is 0 Å². The zero-order chi connectivity index (χ0) is 8.36. The van der Waals surface area contributed by atoms with Crippen LogP contribution >= 0.6 is 0 Å². The molecule has 0 unspecified atom stereocenters. The Bertz CT molecular complexity index is 148. The molecule has 0 fully saturated rings. The molecule has 3 nitrogen and oxygen atoms in total. The molecule has 0 aromatic rings. The Hall–Kier alpha value is -1.08. The average Bonchev–Trinajstić information content (AvgIpc) is 2.03. The van der Waals surface area contributed by atoms with Crippen molar-refractivity contribution in [1.29, 1.82) is 0 Å². The average molecular weight is 155 g/mol. The van der Waals surface area contributed by atoms with Crippen molar-refractivity contribution in [2.24, 2.45) is 4.99 Å². The molecule has 3 heteroatoms. The lowest BCUT2D eigenvalue weighted by atomic mass is 10.4. The van der Waals surface area contributed by atoms with E-state index >= 15 is 0 Å². The number of ether oxygens (including phenoxy) is 1. The van der Waals surface area contributed by atoms with Crippen LogP contribution in [0.2, 0.25) is 0 Å². The van der Waals surface area contributed by atoms with Crippen LogP contribution in [0, 0.1) is 0 Å². The molecule has 0 rings (SSSR count). The monoisotopic (exact) mass is 155 g/mol. The molecule has 0 aliphatic heterocycles. The summed E-state index contributed by atoms with van der Waals surface area (Å²) < 4.78 is 5.05. The summed E-state index contributed by atoms with van der Waals surface area (Å²) in [5.41, 5.74) is 0. The van der Waals surface area contributed by atoms with Crippen LogP contribution in [0.4, 0.5) is 0 Å². The fraction of sp³-hybridized carbons (Fsp3) is 0.625. The first kappa shape index (κ1) is 9.92. The summed E-state index contributed by atoms with van der Waals surface area (Å²) >= 11 is 0. The lowest BCUT2D eigenvalue weighted by molar-refractivity contribution is 0.246. The molecule has 0 aliphatic rings. The third-order valence-electron chi connectivity index (χ3n) is 1.02. The number of hydrogen-bond acceptors (Lipinski definition) is 3. The molecule has 0 N–H and O–H groups in total. The number of carbonyl (C=O) groups excluding carboxylic acids is 1. The van der Waals surface area contributed by atoms with Gasteiger partial charge in [-0.05, 0) is 6.42 Å². The maximum Gasteiger partial charge on any atom is 0.234 e. The summed E-state index contributed by atoms with van der Waals surface area (Å²) in [6.07, 6.45) is 6.82. The van der Waals surface area contributed by atoms with Crippen LogP contribution in [-0.2, 0) is 9.53 Å². The van der Waals surface area contributed by atoms with Crippen molar-refractivity contribution in [2.75, 3.05) is 13.2 Å². The van der Waals surface area contributed by atoms with Crippen LogP contribution in [-0.4, -0.2) is 19.2 Å². The number of rotatable bonds is 6. The minimum atomic E-state index is 0.503. The molecule has 0 atom stereocenters. The van der Waals surface area contributed by atoms with Gasteiger partial charge in [-0.1, -0.05) is 13.0 Å². The normalized spacial score (nSPS) is 9.55. The lowest BCUT2D eigenvalue weighted by Gasteiger charge is -1.95. The highest BCUT2D eigenvalue weighted by molar-refractivity contribution is 5.32. The quantitative estimate of drug-likeness (QED) is 0.253. The highest BCUT2D eigenvalue weighted by Gasteiger charge is 1.82. The number of isocyanates is 1. The largest absolute Gasteiger partial charge is 0.501 e. The second-order valence-electron chi connectivity index (χ2n) is 1.98. The molecule has 0 heterocycles. The molecule has 0 spiro atoms. The highest BCUT2D eigenvalue weighted by Crippen LogP contribution is 1.86. The van der Waals surface area contributed by atoms with Gasteiger partial charge in [0.15, 0.2) is 0 Å². The van der Waals surface area contributed by atoms with E-state index in [-0.39, 0.29) is 0 Å². The summed E-state index contributed by atoms with van der Waals surface area (Å²) in [6.45, 7) is 3.15. The van der Waals surface area contributed by atoms with Crippen molar-refractivity contribution in [3.05, 3.63) is 12.3 Å². The molecule has 0 saturated heterocycles. The van der Waals surface area contributed by atoms with Gasteiger partial charge in [-0.25, -0.2) is 9.79 Å². The molecule has 0 amide bonds. The Morgan fingerprint density at radius 3 is 3.09 bits per heavy atom. The zero-order valence-electron chi connectivity index (χ0n) is 6.75. The van der Waals surface area contributed by atoms with E-state index in [0.717, 1.165) is 12.8 Å². The molecule has 11 heavy (non-hydrogen) atoms. The van der Waals surface area contributed by atoms with Gasteiger partial charge in [0.25, 0.3) is 0 Å². The van der Waals surface area contributed by atoms with E-state index in [1.807, 2.05) is 13.0 Å². The van der Waals surface area contributed by atoms with Gasteiger partial charge in [0.05, 0.1) is 19.4 Å². The molecule has 0 aliphatic carbocycles. The number of nitrogens with zero attached hydrogens (tertiary/aromatic N) is 1. The fourth-order valence-electron chi connectivity index (χ4n) is 0.505. The summed E-state index contributed by atoms with van der Waals surface area (Å²) in [6, 6.07) is 0. The minimum absolute atomic E-state index is 0.503. The predicted octanol–water partition coefficient (Wildman–Crippen LogP) is 1.65. The van der Waals surface area contributed by atoms with Crippen molar-refractivity contribution in [2.45, 2.75) is 19.8 Å². The van der Waals surface area contributed by atoms with E-state index in [0.29, 0.717) is 13.2 Å². The number of aliphatic imine (C=N–C) groups is 1. The van der Waals surface area contributed by atoms with E-state index in [2.05, 4.69) is 4.99 Å². The predicted molar refractivity (Wildman–Crippen MR) is 43.0 cm³/mol. The molecule has 0 radical (unpaired) electrons. The van der Waals surface area contributed by atoms with Gasteiger partial charge in [0, 0.05) is 6.42 Å². The van der Waals surface area contributed by atoms with Gasteiger partial charge >= 0.3 is 0 Å². The molecule has 0 bridgehead atoms. The van der Waals surface area contributed by atoms with Crippen LogP contribution in [0.3, 0.4) is 0 Å². The Labute approximate surface area is 66.8 Å². The summed E-state index contributed by atoms with van der Waals surface area (Å²) in [5, 5.41) is 0. The zero-order valence-corrected chi connectivity index (χ0v) is 6.75. The van der Waals surface area contributed by atoms with E-state index in [4.69, 9.17) is 4.74 Å². The van der Waals surface area contributed by atoms with Crippen molar-refractivity contribution in [3.63, 3.8) is 0 Å². The first-order valence-electron chi connectivity index (χ1n) is 3.72. The molecular formula is C8H13NO2. The summed E-state index contributed by atoms with van der Waals surface area (Å²) in [4.78, 5) is 13.0. The Kier molecular flexibility index (Phi) is 8.04. The SMILES string of the molecule is CCC=COCCCN=C=O. The standard InChI is InChI=1S/C8H13NO2/c1-2-3-6-11-7-4-5-9-8-10/h3,6H,2,4-5,7H2,1H3. The van der Waals surface area contributed by atoms with Crippen molar-refractivity contribution < 1.29 is 9.53 Å². The first-order chi connectivity index (χ1) is 5.41. The second-order valence-corrected chi connectivity index (χ2v) is 1.98. The van der Waals surface area contributed by atoms with Crippen molar-refractivity contribution >= 4 is 6.08 Å². The minimum Gasteiger partial charge on any atom is -0.501 e. The van der Waals surface area contributed by atoms with Crippen LogP contribution < -0.4 is 0 Å². The van der Waals surface area contributed by atoms with E-state index in [1.165, 1.54) is 6.08 Å². The molecule has 0 saturated carbocycles. The third-order valence-corrected chi connectivity index (χ3v) is 1.02. The topological polar surface area (TPSA) is 38.7 Å². The van der Waals surface area contributed by atoms with E-state index in [9.17, 15) is 4.79 Å². The van der Waals surface area contributed by atoms with Crippen molar-refractivity contribution in [1.82, 2.24) is 0 Å². The lowest BCUT2D eigenvalue weighted by Crippen LogP contribution is -1.89. The van der Waals surface area contributed by atoms with Crippen LogP contribution in [0.5, 0.6) is 0 Å². The second kappa shape index (κ2) is 8.92. The molecule has 62 valence electrons. The molecular weight excluding hydrogens is 142 g/mol. The van der Waals surface area contributed by atoms with Gasteiger partial charge in [0.1, 0.15) is 0 Å². The maximum absolute atomic E-state index is 9.59. The smallest absolute Gasteiger partial charge is 0.234 e. The Balaban J connectivity index is 3.02. The molecule has 0 aromatic heterocycles. The van der Waals surface area contributed by atoms with Crippen molar-refractivity contribution in [3.8, 4) is 0 Å². The van der Waals surface area contributed by atoms with E-state index < -0.39 is 0 Å². The first-order valence-corrected chi connectivity index (χ1v) is 3.72. The fourth-order valence-corrected chi connectivity index (χ4v) is 0.505. The van der Waals surface area contributed by atoms with E-state index in [1.54, 1.807) is 6.26 Å². The number of allylic oxidation sites excluding steroid dienone is 1. The molecule has 0 aromatic carbocycles. The van der Waals surface area contributed by atoms with Gasteiger partial charge in [-0.3, -0.25) is 0 Å². The Morgan fingerprint density at radius 2 is 2.45 bits per heavy atom. The van der Waals surface area contributed by atoms with Gasteiger partial charge in [-0.15, -0.1) is 0 Å². The third kappa shape index (κ3) is 8.92. The van der Waals surface area contributed by atoms with Crippen LogP contribution in [0.15, 0.2) is 17.3 Å². The van der Waals surface area contributed by atoms with Crippen LogP contribution in [0.1, 0.15) is 19.8 Å². The maximum atomic E-state index is 9.59. The summed E-state index contributed by atoms with van der Waals surface area (Å²) in [5.74, 6) is 0. The van der Waals surface area contributed by atoms with Gasteiger partial charge in [0.2, 0.25) is 6.08 Å². The number of hydrogen-bond donors (Lipinski definition) is 0. The Morgan fingerprint density at radius 1 is 1.64 bits per heavy atom. The summed E-state index contributed by atoms with van der Waals surface area (Å²) in [7, 11) is 0. The van der Waals surface area contributed by atoms with Gasteiger partial charge in [-0.2, -0.15) is 0 Å². The highest BCUT2D eigenvalue weighted by atomic mass is 16.5.